The topological polar surface area (TPSA) is 73.7 Å². The molecule has 10 aromatic rings. The van der Waals surface area contributed by atoms with E-state index in [1.165, 1.54) is 27.9 Å². The molecule has 6 aromatic carbocycles. The van der Waals surface area contributed by atoms with Gasteiger partial charge in [-0.2, -0.15) is 0 Å². The Morgan fingerprint density at radius 2 is 1.31 bits per heavy atom. The molecule has 0 saturated heterocycles. The summed E-state index contributed by atoms with van der Waals surface area (Å²) in [5.74, 6) is 1.10. The third kappa shape index (κ3) is 5.19. The SMILES string of the molecule is [Pt+2].[c-]1c(Oc2[c-]c3cc(c2)c2ccc4ccc5ccc(cc5c4c2)c2cccc(c2)c2nc4ncnc3c4s2)cccc1-c1ccncn1. The molecule has 0 aliphatic carbocycles. The van der Waals surface area contributed by atoms with Crippen LogP contribution in [0, 0.1) is 12.1 Å². The number of rotatable bonds is 3. The molecule has 0 fully saturated rings. The van der Waals surface area contributed by atoms with Crippen molar-refractivity contribution in [3.05, 3.63) is 140 Å². The molecule has 0 aliphatic rings. The van der Waals surface area contributed by atoms with Crippen molar-refractivity contribution in [1.82, 2.24) is 24.9 Å². The molecule has 6 nitrogen and oxygen atoms in total. The van der Waals surface area contributed by atoms with Gasteiger partial charge in [-0.25, -0.2) is 15.0 Å². The Labute approximate surface area is 298 Å². The van der Waals surface area contributed by atoms with Crippen LogP contribution >= 0.6 is 11.3 Å². The third-order valence-electron chi connectivity index (χ3n) is 8.75. The molecule has 0 unspecified atom stereocenters. The number of fused-ring (bicyclic) bond motifs is 11. The van der Waals surface area contributed by atoms with Gasteiger partial charge in [0.2, 0.25) is 0 Å². The number of hydrogen-bond donors (Lipinski definition) is 0. The number of benzene rings is 6. The first-order chi connectivity index (χ1) is 23.7. The van der Waals surface area contributed by atoms with Crippen molar-refractivity contribution < 1.29 is 25.8 Å². The van der Waals surface area contributed by atoms with Gasteiger partial charge in [-0.1, -0.05) is 84.2 Å². The summed E-state index contributed by atoms with van der Waals surface area (Å²) in [7, 11) is 0. The molecule has 8 heteroatoms. The molecule has 0 aliphatic heterocycles. The Hall–Kier alpha value is -5.62. The first kappa shape index (κ1) is 29.5. The van der Waals surface area contributed by atoms with Crippen LogP contribution in [-0.2, 0) is 21.1 Å². The molecule has 4 aromatic heterocycles. The molecule has 0 atom stereocenters. The van der Waals surface area contributed by atoms with Crippen LogP contribution in [-0.4, -0.2) is 24.9 Å². The number of aromatic nitrogens is 5. The molecule has 0 N–H and O–H groups in total. The summed E-state index contributed by atoms with van der Waals surface area (Å²) in [5, 5.41) is 10.9. The van der Waals surface area contributed by atoms with Crippen molar-refractivity contribution in [1.29, 1.82) is 0 Å². The fraction of sp³-hybridized carbons (Fsp3) is 0. The van der Waals surface area contributed by atoms with E-state index in [1.54, 1.807) is 23.9 Å². The number of nitrogens with zero attached hydrogens (tertiary/aromatic N) is 5. The van der Waals surface area contributed by atoms with Crippen molar-refractivity contribution in [3.63, 3.8) is 0 Å². The van der Waals surface area contributed by atoms with Crippen LogP contribution in [0.25, 0.3) is 85.8 Å². The Morgan fingerprint density at radius 1 is 0.571 bits per heavy atom. The van der Waals surface area contributed by atoms with Crippen molar-refractivity contribution in [3.8, 4) is 22.8 Å². The predicted octanol–water partition coefficient (Wildman–Crippen LogP) is 10.4. The van der Waals surface area contributed by atoms with E-state index in [2.05, 4.69) is 106 Å². The zero-order valence-electron chi connectivity index (χ0n) is 25.5. The first-order valence-corrected chi connectivity index (χ1v) is 16.3. The van der Waals surface area contributed by atoms with E-state index in [0.717, 1.165) is 58.6 Å². The summed E-state index contributed by atoms with van der Waals surface area (Å²) in [6, 6.07) is 44.9. The van der Waals surface area contributed by atoms with Crippen LogP contribution in [0.1, 0.15) is 0 Å². The third-order valence-corrected chi connectivity index (χ3v) is 9.85. The van der Waals surface area contributed by atoms with Crippen LogP contribution in [0.2, 0.25) is 0 Å². The molecule has 0 amide bonds. The van der Waals surface area contributed by atoms with E-state index in [9.17, 15) is 0 Å². The summed E-state index contributed by atoms with van der Waals surface area (Å²) >= 11 is 1.59. The average molecular weight is 827 g/mol. The molecule has 10 bridgehead atoms. The summed E-state index contributed by atoms with van der Waals surface area (Å²) in [4.78, 5) is 23.6. The maximum atomic E-state index is 6.51. The second kappa shape index (κ2) is 11.8. The van der Waals surface area contributed by atoms with Crippen LogP contribution < -0.4 is 4.74 Å². The Balaban J connectivity index is 0.00000325. The molecule has 0 saturated carbocycles. The van der Waals surface area contributed by atoms with Gasteiger partial charge in [-0.3, -0.25) is 9.97 Å². The Kier molecular flexibility index (Phi) is 7.11. The quantitative estimate of drug-likeness (QED) is 0.131. The van der Waals surface area contributed by atoms with E-state index in [4.69, 9.17) is 14.7 Å². The minimum atomic E-state index is 0. The van der Waals surface area contributed by atoms with Gasteiger partial charge in [0.25, 0.3) is 0 Å². The smallest absolute Gasteiger partial charge is 0.497 e. The minimum Gasteiger partial charge on any atom is -0.497 e. The minimum absolute atomic E-state index is 0. The van der Waals surface area contributed by atoms with Crippen molar-refractivity contribution in [2.75, 3.05) is 0 Å². The Bertz CT molecular complexity index is 2950. The molecule has 0 radical (unpaired) electrons. The standard InChI is InChI=1S/C41H21N5OS.Pt/c1-3-26-15-30(5-1)41-46-40-39(48-41)38(44-23-45-40)32-16-31(28-12-10-25-8-7-24-9-11-27(26)20-35(24)36(25)21-28)18-34(19-32)47-33-6-2-4-29(17-33)37-13-14-42-22-43-37;/h1-16,18,20-23H;/q-2;+2. The van der Waals surface area contributed by atoms with Gasteiger partial charge in [0.1, 0.15) is 17.5 Å². The second-order valence-electron chi connectivity index (χ2n) is 11.7. The second-order valence-corrected chi connectivity index (χ2v) is 12.7. The van der Waals surface area contributed by atoms with E-state index in [1.807, 2.05) is 30.3 Å². The van der Waals surface area contributed by atoms with Gasteiger partial charge < -0.3 is 4.74 Å². The van der Waals surface area contributed by atoms with Crippen molar-refractivity contribution in [2.24, 2.45) is 0 Å². The molecule has 10 rings (SSSR count). The van der Waals surface area contributed by atoms with Gasteiger partial charge in [-0.15, -0.1) is 46.6 Å². The van der Waals surface area contributed by atoms with Gasteiger partial charge >= 0.3 is 21.1 Å². The number of ether oxygens (including phenoxy) is 1. The first-order valence-electron chi connectivity index (χ1n) is 15.5. The van der Waals surface area contributed by atoms with E-state index in [0.29, 0.717) is 17.1 Å². The van der Waals surface area contributed by atoms with E-state index >= 15 is 0 Å². The fourth-order valence-electron chi connectivity index (χ4n) is 6.43. The van der Waals surface area contributed by atoms with Gasteiger partial charge in [-0.05, 0) is 61.6 Å². The maximum Gasteiger partial charge on any atom is 2.00 e. The van der Waals surface area contributed by atoms with Crippen molar-refractivity contribution >= 4 is 85.9 Å². The maximum absolute atomic E-state index is 6.51. The summed E-state index contributed by atoms with van der Waals surface area (Å²) in [6.07, 6.45) is 4.82. The normalized spacial score (nSPS) is 11.5. The Morgan fingerprint density at radius 3 is 2.10 bits per heavy atom. The zero-order chi connectivity index (χ0) is 31.6. The van der Waals surface area contributed by atoms with Gasteiger partial charge in [0, 0.05) is 28.6 Å². The van der Waals surface area contributed by atoms with Crippen LogP contribution in [0.5, 0.6) is 11.5 Å². The fourth-order valence-corrected chi connectivity index (χ4v) is 7.45. The van der Waals surface area contributed by atoms with Crippen molar-refractivity contribution in [2.45, 2.75) is 0 Å². The summed E-state index contributed by atoms with van der Waals surface area (Å²) < 4.78 is 7.40. The monoisotopic (exact) mass is 826 g/mol. The van der Waals surface area contributed by atoms with Crippen LogP contribution in [0.4, 0.5) is 0 Å². The zero-order valence-corrected chi connectivity index (χ0v) is 28.6. The number of thiazole rings is 1. The van der Waals surface area contributed by atoms with Crippen LogP contribution in [0.3, 0.4) is 0 Å². The average Bonchev–Trinajstić information content (AvgIpc) is 3.59. The molecular weight excluding hydrogens is 806 g/mol. The molecule has 4 heterocycles. The summed E-state index contributed by atoms with van der Waals surface area (Å²) in [5.41, 5.74) is 2.98. The molecule has 49 heavy (non-hydrogen) atoms. The molecule has 0 spiro atoms. The number of hydrogen-bond acceptors (Lipinski definition) is 7. The van der Waals surface area contributed by atoms with E-state index < -0.39 is 0 Å². The van der Waals surface area contributed by atoms with Crippen LogP contribution in [0.15, 0.2) is 128 Å². The van der Waals surface area contributed by atoms with Gasteiger partial charge in [0.05, 0.1) is 4.70 Å². The predicted molar refractivity (Wildman–Crippen MR) is 194 cm³/mol. The van der Waals surface area contributed by atoms with E-state index in [-0.39, 0.29) is 21.1 Å². The largest absolute Gasteiger partial charge is 2.00 e. The molecular formula is C41H21N5OPtS. The molecule has 232 valence electrons. The van der Waals surface area contributed by atoms with Gasteiger partial charge in [0.15, 0.2) is 5.65 Å². The summed E-state index contributed by atoms with van der Waals surface area (Å²) in [6.45, 7) is 0.